The van der Waals surface area contributed by atoms with Gasteiger partial charge in [0.15, 0.2) is 29.2 Å². The van der Waals surface area contributed by atoms with Crippen LogP contribution in [0.2, 0.25) is 0 Å². The zero-order valence-electron chi connectivity index (χ0n) is 18.6. The summed E-state index contributed by atoms with van der Waals surface area (Å²) in [6.07, 6.45) is -1.40. The Morgan fingerprint density at radius 3 is 2.31 bits per heavy atom. The highest BCUT2D eigenvalue weighted by atomic mass is 16.7. The average Bonchev–Trinajstić information content (AvgIpc) is 3.34. The summed E-state index contributed by atoms with van der Waals surface area (Å²) in [5, 5.41) is 14.0. The second kappa shape index (κ2) is 8.62. The van der Waals surface area contributed by atoms with Gasteiger partial charge in [0.1, 0.15) is 5.56 Å². The molecule has 0 bridgehead atoms. The molecule has 11 heteroatoms. The quantitative estimate of drug-likeness (QED) is 0.253. The standard InChI is InChI=1S/C25H16N2O9/c1-12(36-25(31)16-9-19-20(35-11-34-19)10-18(16)27(32)33)24(30)26-17-8-4-7-15-21(17)23(29)14-6-3-2-5-13(14)22(15)28/h2-10,12H,11H2,1H3,(H,26,30). The van der Waals surface area contributed by atoms with Gasteiger partial charge in [0, 0.05) is 22.8 Å². The number of hydrogen-bond donors (Lipinski definition) is 1. The van der Waals surface area contributed by atoms with Crippen molar-refractivity contribution in [2.24, 2.45) is 0 Å². The van der Waals surface area contributed by atoms with Crippen molar-refractivity contribution in [1.29, 1.82) is 0 Å². The lowest BCUT2D eigenvalue weighted by atomic mass is 9.83. The van der Waals surface area contributed by atoms with Crippen LogP contribution in [-0.4, -0.2) is 41.3 Å². The number of nitrogens with zero attached hydrogens (tertiary/aromatic N) is 1. The third-order valence-corrected chi connectivity index (χ3v) is 5.77. The second-order valence-electron chi connectivity index (χ2n) is 7.95. The molecule has 1 N–H and O–H groups in total. The number of carbonyl (C=O) groups excluding carboxylic acids is 4. The molecule has 1 unspecified atom stereocenters. The van der Waals surface area contributed by atoms with E-state index in [0.717, 1.165) is 12.1 Å². The largest absolute Gasteiger partial charge is 0.454 e. The Hall–Kier alpha value is -5.06. The van der Waals surface area contributed by atoms with Gasteiger partial charge in [-0.2, -0.15) is 0 Å². The number of nitro groups is 1. The van der Waals surface area contributed by atoms with Crippen molar-refractivity contribution in [2.75, 3.05) is 12.1 Å². The summed E-state index contributed by atoms with van der Waals surface area (Å²) in [7, 11) is 0. The Labute approximate surface area is 202 Å². The first-order valence-corrected chi connectivity index (χ1v) is 10.7. The summed E-state index contributed by atoms with van der Waals surface area (Å²) in [5.74, 6) is -2.48. The first-order valence-electron chi connectivity index (χ1n) is 10.7. The Morgan fingerprint density at radius 1 is 0.972 bits per heavy atom. The number of fused-ring (bicyclic) bond motifs is 3. The van der Waals surface area contributed by atoms with Crippen LogP contribution in [0, 0.1) is 10.1 Å². The maximum atomic E-state index is 13.1. The van der Waals surface area contributed by atoms with E-state index >= 15 is 0 Å². The van der Waals surface area contributed by atoms with Crippen molar-refractivity contribution in [1.82, 2.24) is 0 Å². The van der Waals surface area contributed by atoms with Crippen LogP contribution in [-0.2, 0) is 9.53 Å². The maximum Gasteiger partial charge on any atom is 0.346 e. The van der Waals surface area contributed by atoms with E-state index in [1.807, 2.05) is 0 Å². The Balaban J connectivity index is 1.38. The fraction of sp³-hybridized carbons (Fsp3) is 0.120. The molecule has 36 heavy (non-hydrogen) atoms. The predicted octanol–water partition coefficient (Wildman–Crippen LogP) is 3.28. The molecule has 1 aliphatic carbocycles. The summed E-state index contributed by atoms with van der Waals surface area (Å²) in [4.78, 5) is 62.2. The van der Waals surface area contributed by atoms with Crippen LogP contribution < -0.4 is 14.8 Å². The number of carbonyl (C=O) groups is 4. The van der Waals surface area contributed by atoms with Gasteiger partial charge in [-0.05, 0) is 13.0 Å². The van der Waals surface area contributed by atoms with Crippen molar-refractivity contribution in [3.63, 3.8) is 0 Å². The molecule has 0 fully saturated rings. The normalized spacial score (nSPS) is 13.9. The van der Waals surface area contributed by atoms with Gasteiger partial charge in [-0.3, -0.25) is 24.5 Å². The Morgan fingerprint density at radius 2 is 1.61 bits per heavy atom. The fourth-order valence-electron chi connectivity index (χ4n) is 4.01. The van der Waals surface area contributed by atoms with Gasteiger partial charge >= 0.3 is 5.97 Å². The number of ketones is 2. The van der Waals surface area contributed by atoms with Crippen molar-refractivity contribution in [2.45, 2.75) is 13.0 Å². The van der Waals surface area contributed by atoms with Gasteiger partial charge in [-0.1, -0.05) is 36.4 Å². The molecule has 1 amide bonds. The molecule has 3 aromatic rings. The first-order chi connectivity index (χ1) is 17.3. The molecule has 180 valence electrons. The number of rotatable bonds is 5. The number of hydrogen-bond acceptors (Lipinski definition) is 9. The topological polar surface area (TPSA) is 151 Å². The molecular formula is C25H16N2O9. The summed E-state index contributed by atoms with van der Waals surface area (Å²) < 4.78 is 15.4. The van der Waals surface area contributed by atoms with Crippen molar-refractivity contribution < 1.29 is 38.3 Å². The molecule has 2 aliphatic rings. The van der Waals surface area contributed by atoms with E-state index in [2.05, 4.69) is 5.32 Å². The highest BCUT2D eigenvalue weighted by Gasteiger charge is 2.33. The molecular weight excluding hydrogens is 472 g/mol. The molecule has 0 saturated heterocycles. The van der Waals surface area contributed by atoms with E-state index in [-0.39, 0.29) is 52.0 Å². The zero-order chi connectivity index (χ0) is 25.6. The summed E-state index contributed by atoms with van der Waals surface area (Å²) in [6, 6.07) is 13.0. The Kier molecular flexibility index (Phi) is 5.44. The van der Waals surface area contributed by atoms with Crippen LogP contribution in [0.25, 0.3) is 0 Å². The van der Waals surface area contributed by atoms with Gasteiger partial charge in [0.25, 0.3) is 11.6 Å². The number of amides is 1. The molecule has 3 aromatic carbocycles. The van der Waals surface area contributed by atoms with E-state index in [1.54, 1.807) is 18.2 Å². The predicted molar refractivity (Wildman–Crippen MR) is 122 cm³/mol. The van der Waals surface area contributed by atoms with Gasteiger partial charge < -0.3 is 19.5 Å². The summed E-state index contributed by atoms with van der Waals surface area (Å²) in [5.41, 5.74) is -0.272. The van der Waals surface area contributed by atoms with E-state index < -0.39 is 39.9 Å². The minimum Gasteiger partial charge on any atom is -0.454 e. The van der Waals surface area contributed by atoms with Gasteiger partial charge in [-0.15, -0.1) is 0 Å². The molecule has 0 spiro atoms. The third kappa shape index (κ3) is 3.72. The van der Waals surface area contributed by atoms with Crippen LogP contribution >= 0.6 is 0 Å². The van der Waals surface area contributed by atoms with Crippen LogP contribution in [0.4, 0.5) is 11.4 Å². The number of nitrogens with one attached hydrogen (secondary N) is 1. The molecule has 5 rings (SSSR count). The number of esters is 1. The number of anilines is 1. The van der Waals surface area contributed by atoms with Crippen molar-refractivity contribution in [3.8, 4) is 11.5 Å². The van der Waals surface area contributed by atoms with Crippen molar-refractivity contribution >= 4 is 34.8 Å². The summed E-state index contributed by atoms with van der Waals surface area (Å²) in [6.45, 7) is 1.11. The van der Waals surface area contributed by atoms with E-state index in [9.17, 15) is 29.3 Å². The minimum absolute atomic E-state index is 0.0273. The van der Waals surface area contributed by atoms with Crippen molar-refractivity contribution in [3.05, 3.63) is 92.5 Å². The van der Waals surface area contributed by atoms with Gasteiger partial charge in [-0.25, -0.2) is 4.79 Å². The number of nitro benzene ring substituents is 1. The zero-order valence-corrected chi connectivity index (χ0v) is 18.6. The molecule has 0 aromatic heterocycles. The fourth-order valence-corrected chi connectivity index (χ4v) is 4.01. The molecule has 0 saturated carbocycles. The monoisotopic (exact) mass is 488 g/mol. The lowest BCUT2D eigenvalue weighted by molar-refractivity contribution is -0.385. The van der Waals surface area contributed by atoms with E-state index in [0.29, 0.717) is 0 Å². The molecule has 1 heterocycles. The average molecular weight is 488 g/mol. The molecule has 0 radical (unpaired) electrons. The van der Waals surface area contributed by atoms with Crippen LogP contribution in [0.1, 0.15) is 49.1 Å². The SMILES string of the molecule is CC(OC(=O)c1cc2c(cc1[N+](=O)[O-])OCO2)C(=O)Nc1cccc2c1C(=O)c1ccccc1C2=O. The number of ether oxygens (including phenoxy) is 3. The van der Waals surface area contributed by atoms with Crippen LogP contribution in [0.15, 0.2) is 54.6 Å². The van der Waals surface area contributed by atoms with E-state index in [1.165, 1.54) is 31.2 Å². The number of benzene rings is 3. The molecule has 1 atom stereocenters. The molecule has 11 nitrogen and oxygen atoms in total. The second-order valence-corrected chi connectivity index (χ2v) is 7.95. The minimum atomic E-state index is -1.40. The Bertz CT molecular complexity index is 1490. The molecule has 1 aliphatic heterocycles. The highest BCUT2D eigenvalue weighted by molar-refractivity contribution is 6.30. The summed E-state index contributed by atoms with van der Waals surface area (Å²) >= 11 is 0. The highest BCUT2D eigenvalue weighted by Crippen LogP contribution is 2.38. The first kappa shape index (κ1) is 22.7. The lowest BCUT2D eigenvalue weighted by Crippen LogP contribution is -2.31. The third-order valence-electron chi connectivity index (χ3n) is 5.77. The van der Waals surface area contributed by atoms with Gasteiger partial charge in [0.05, 0.1) is 22.2 Å². The van der Waals surface area contributed by atoms with Crippen LogP contribution in [0.3, 0.4) is 0 Å². The van der Waals surface area contributed by atoms with Gasteiger partial charge in [0.2, 0.25) is 6.79 Å². The maximum absolute atomic E-state index is 13.1. The van der Waals surface area contributed by atoms with Crippen LogP contribution in [0.5, 0.6) is 11.5 Å². The smallest absolute Gasteiger partial charge is 0.346 e. The van der Waals surface area contributed by atoms with E-state index in [4.69, 9.17) is 14.2 Å². The lowest BCUT2D eigenvalue weighted by Gasteiger charge is -2.21.